The molecule has 8 nitrogen and oxygen atoms in total. The molecule has 1 heterocycles. The molecule has 1 fully saturated rings. The molecule has 0 radical (unpaired) electrons. The van der Waals surface area contributed by atoms with Gasteiger partial charge in [0.15, 0.2) is 6.29 Å². The smallest absolute Gasteiger partial charge is 0.186 e. The van der Waals surface area contributed by atoms with Gasteiger partial charge in [-0.1, -0.05) is 0 Å². The lowest BCUT2D eigenvalue weighted by Gasteiger charge is -2.39. The molecule has 5 atom stereocenters. The van der Waals surface area contributed by atoms with Crippen LogP contribution in [0.3, 0.4) is 0 Å². The van der Waals surface area contributed by atoms with E-state index in [4.69, 9.17) is 24.4 Å². The van der Waals surface area contributed by atoms with E-state index in [0.717, 1.165) is 0 Å². The Bertz CT molecular complexity index is 224. The van der Waals surface area contributed by atoms with Gasteiger partial charge in [0.25, 0.3) is 0 Å². The molecule has 0 bridgehead atoms. The largest absolute Gasteiger partial charge is 0.394 e. The highest BCUT2D eigenvalue weighted by molar-refractivity contribution is 4.88. The van der Waals surface area contributed by atoms with Gasteiger partial charge in [0.05, 0.1) is 33.0 Å². The van der Waals surface area contributed by atoms with E-state index in [9.17, 15) is 15.3 Å². The normalized spacial score (nSPS) is 36.8. The summed E-state index contributed by atoms with van der Waals surface area (Å²) in [6, 6.07) is 0. The maximum Gasteiger partial charge on any atom is 0.186 e. The van der Waals surface area contributed by atoms with Crippen LogP contribution in [0.25, 0.3) is 0 Å². The summed E-state index contributed by atoms with van der Waals surface area (Å²) in [5.41, 5.74) is 0. The molecule has 1 saturated heterocycles. The van der Waals surface area contributed by atoms with Gasteiger partial charge in [-0.15, -0.1) is 0 Å². The zero-order valence-corrected chi connectivity index (χ0v) is 9.88. The lowest BCUT2D eigenvalue weighted by atomic mass is 9.99. The van der Waals surface area contributed by atoms with Crippen molar-refractivity contribution in [1.82, 2.24) is 0 Å². The Hall–Kier alpha value is -0.320. The molecule has 108 valence electrons. The summed E-state index contributed by atoms with van der Waals surface area (Å²) < 4.78 is 15.2. The fourth-order valence-corrected chi connectivity index (χ4v) is 1.59. The predicted molar refractivity (Wildman–Crippen MR) is 57.6 cm³/mol. The Labute approximate surface area is 104 Å². The standard InChI is InChI=1S/C10H20O8/c11-1-2-16-3-4-17-10-9(15)8(14)7(13)6(5-12)18-10/h6-15H,1-5H2/t6?,7-,8+,9?,10+/m1/s1. The fourth-order valence-electron chi connectivity index (χ4n) is 1.59. The number of rotatable bonds is 7. The summed E-state index contributed by atoms with van der Waals surface area (Å²) in [4.78, 5) is 0. The first kappa shape index (κ1) is 15.7. The Morgan fingerprint density at radius 1 is 0.889 bits per heavy atom. The summed E-state index contributed by atoms with van der Waals surface area (Å²) in [5, 5.41) is 46.0. The van der Waals surface area contributed by atoms with Crippen LogP contribution in [0.15, 0.2) is 0 Å². The number of hydrogen-bond acceptors (Lipinski definition) is 8. The fraction of sp³-hybridized carbons (Fsp3) is 1.00. The van der Waals surface area contributed by atoms with Crippen molar-refractivity contribution in [2.45, 2.75) is 30.7 Å². The Morgan fingerprint density at radius 3 is 2.22 bits per heavy atom. The van der Waals surface area contributed by atoms with Crippen molar-refractivity contribution < 1.29 is 39.7 Å². The lowest BCUT2D eigenvalue weighted by Crippen LogP contribution is -2.59. The van der Waals surface area contributed by atoms with Crippen molar-refractivity contribution in [3.8, 4) is 0 Å². The highest BCUT2D eigenvalue weighted by atomic mass is 16.7. The summed E-state index contributed by atoms with van der Waals surface area (Å²) in [7, 11) is 0. The van der Waals surface area contributed by atoms with Gasteiger partial charge in [0, 0.05) is 0 Å². The maximum atomic E-state index is 9.60. The first-order valence-corrected chi connectivity index (χ1v) is 5.72. The summed E-state index contributed by atoms with van der Waals surface area (Å²) in [6.45, 7) is -0.137. The van der Waals surface area contributed by atoms with Crippen molar-refractivity contribution in [2.24, 2.45) is 0 Å². The van der Waals surface area contributed by atoms with Crippen molar-refractivity contribution in [2.75, 3.05) is 33.0 Å². The second kappa shape index (κ2) is 7.97. The zero-order chi connectivity index (χ0) is 13.5. The van der Waals surface area contributed by atoms with E-state index >= 15 is 0 Å². The van der Waals surface area contributed by atoms with Gasteiger partial charge in [-0.25, -0.2) is 0 Å². The van der Waals surface area contributed by atoms with Crippen molar-refractivity contribution in [3.05, 3.63) is 0 Å². The zero-order valence-electron chi connectivity index (χ0n) is 9.88. The van der Waals surface area contributed by atoms with Crippen LogP contribution in [-0.4, -0.2) is 89.3 Å². The quantitative estimate of drug-likeness (QED) is 0.306. The molecule has 1 aliphatic heterocycles. The van der Waals surface area contributed by atoms with Gasteiger partial charge in [-0.3, -0.25) is 0 Å². The molecule has 1 aliphatic rings. The van der Waals surface area contributed by atoms with Crippen LogP contribution in [0.1, 0.15) is 0 Å². The molecule has 0 amide bonds. The Balaban J connectivity index is 2.35. The number of aliphatic hydroxyl groups is 5. The molecule has 0 spiro atoms. The van der Waals surface area contributed by atoms with Crippen LogP contribution in [-0.2, 0) is 14.2 Å². The summed E-state index contributed by atoms with van der Waals surface area (Å²) in [6.07, 6.45) is -6.36. The maximum absolute atomic E-state index is 9.60. The molecule has 0 aromatic rings. The van der Waals surface area contributed by atoms with Crippen LogP contribution in [0.5, 0.6) is 0 Å². The van der Waals surface area contributed by atoms with Crippen LogP contribution < -0.4 is 0 Å². The second-order valence-corrected chi connectivity index (χ2v) is 3.90. The molecule has 0 aliphatic carbocycles. The molecule has 5 N–H and O–H groups in total. The highest BCUT2D eigenvalue weighted by Crippen LogP contribution is 2.21. The van der Waals surface area contributed by atoms with Crippen LogP contribution in [0.4, 0.5) is 0 Å². The molecular formula is C10H20O8. The summed E-state index contributed by atoms with van der Waals surface area (Å²) >= 11 is 0. The molecule has 1 rings (SSSR count). The first-order valence-electron chi connectivity index (χ1n) is 5.72. The third-order valence-corrected chi connectivity index (χ3v) is 2.59. The number of hydrogen-bond donors (Lipinski definition) is 5. The van der Waals surface area contributed by atoms with E-state index in [1.165, 1.54) is 0 Å². The molecule has 0 aromatic carbocycles. The minimum absolute atomic E-state index is 0.0860. The molecule has 18 heavy (non-hydrogen) atoms. The third-order valence-electron chi connectivity index (χ3n) is 2.59. The molecule has 0 saturated carbocycles. The van der Waals surface area contributed by atoms with E-state index in [1.807, 2.05) is 0 Å². The molecule has 8 heteroatoms. The van der Waals surface area contributed by atoms with E-state index in [2.05, 4.69) is 0 Å². The summed E-state index contributed by atoms with van der Waals surface area (Å²) in [5.74, 6) is 0. The monoisotopic (exact) mass is 268 g/mol. The number of ether oxygens (including phenoxy) is 3. The number of aliphatic hydroxyl groups excluding tert-OH is 5. The van der Waals surface area contributed by atoms with Crippen molar-refractivity contribution in [3.63, 3.8) is 0 Å². The SMILES string of the molecule is OCCOCCO[C@H]1OC(CO)[C@@H](O)[C@H](O)C1O. The van der Waals surface area contributed by atoms with Gasteiger partial charge < -0.3 is 39.7 Å². The van der Waals surface area contributed by atoms with Gasteiger partial charge in [-0.05, 0) is 0 Å². The van der Waals surface area contributed by atoms with Crippen molar-refractivity contribution >= 4 is 0 Å². The van der Waals surface area contributed by atoms with E-state index in [0.29, 0.717) is 0 Å². The van der Waals surface area contributed by atoms with Gasteiger partial charge >= 0.3 is 0 Å². The average molecular weight is 268 g/mol. The van der Waals surface area contributed by atoms with Crippen molar-refractivity contribution in [1.29, 1.82) is 0 Å². The van der Waals surface area contributed by atoms with E-state index in [1.54, 1.807) is 0 Å². The lowest BCUT2D eigenvalue weighted by molar-refractivity contribution is -0.302. The van der Waals surface area contributed by atoms with E-state index in [-0.39, 0.29) is 26.4 Å². The minimum atomic E-state index is -1.45. The molecular weight excluding hydrogens is 248 g/mol. The average Bonchev–Trinajstić information content (AvgIpc) is 2.38. The minimum Gasteiger partial charge on any atom is -0.394 e. The topological polar surface area (TPSA) is 129 Å². The van der Waals surface area contributed by atoms with Gasteiger partial charge in [-0.2, -0.15) is 0 Å². The van der Waals surface area contributed by atoms with Crippen LogP contribution in [0.2, 0.25) is 0 Å². The van der Waals surface area contributed by atoms with Crippen LogP contribution in [0, 0.1) is 0 Å². The predicted octanol–water partition coefficient (Wildman–Crippen LogP) is -3.19. The van der Waals surface area contributed by atoms with Gasteiger partial charge in [0.1, 0.15) is 24.4 Å². The second-order valence-electron chi connectivity index (χ2n) is 3.90. The Morgan fingerprint density at radius 2 is 1.61 bits per heavy atom. The molecule has 0 aromatic heterocycles. The molecule has 2 unspecified atom stereocenters. The first-order chi connectivity index (χ1) is 8.61. The van der Waals surface area contributed by atoms with Crippen LogP contribution >= 0.6 is 0 Å². The van der Waals surface area contributed by atoms with Gasteiger partial charge in [0.2, 0.25) is 0 Å². The Kier molecular flexibility index (Phi) is 6.97. The third kappa shape index (κ3) is 4.11. The van der Waals surface area contributed by atoms with E-state index < -0.39 is 37.3 Å². The highest BCUT2D eigenvalue weighted by Gasteiger charge is 2.43.